The molecule has 0 atom stereocenters. The van der Waals surface area contributed by atoms with Crippen LogP contribution in [0.15, 0.2) is 42.6 Å². The lowest BCUT2D eigenvalue weighted by atomic mass is 10.0. The summed E-state index contributed by atoms with van der Waals surface area (Å²) in [5.41, 5.74) is 4.78. The van der Waals surface area contributed by atoms with Crippen molar-refractivity contribution in [3.8, 4) is 0 Å². The van der Waals surface area contributed by atoms with Gasteiger partial charge in [-0.3, -0.25) is 9.20 Å². The molecule has 2 aromatic heterocycles. The van der Waals surface area contributed by atoms with Crippen molar-refractivity contribution in [1.29, 1.82) is 0 Å². The third kappa shape index (κ3) is 4.48. The number of fused-ring (bicyclic) bond motifs is 1. The van der Waals surface area contributed by atoms with E-state index in [0.717, 1.165) is 37.3 Å². The fourth-order valence-corrected chi connectivity index (χ4v) is 4.35. The molecule has 0 unspecified atom stereocenters. The number of pyridine rings is 1. The van der Waals surface area contributed by atoms with Crippen molar-refractivity contribution in [3.05, 3.63) is 64.6 Å². The first-order chi connectivity index (χ1) is 14.2. The van der Waals surface area contributed by atoms with Crippen LogP contribution in [0.2, 0.25) is 5.02 Å². The van der Waals surface area contributed by atoms with E-state index >= 15 is 0 Å². The Morgan fingerprint density at radius 2 is 1.76 bits per heavy atom. The second-order valence-corrected chi connectivity index (χ2v) is 8.26. The second-order valence-electron chi connectivity index (χ2n) is 7.83. The molecule has 3 heterocycles. The molecule has 152 valence electrons. The van der Waals surface area contributed by atoms with Crippen LogP contribution in [0.25, 0.3) is 5.65 Å². The highest BCUT2D eigenvalue weighted by Gasteiger charge is 2.18. The summed E-state index contributed by atoms with van der Waals surface area (Å²) >= 11 is 6.15. The highest BCUT2D eigenvalue weighted by atomic mass is 35.5. The Labute approximate surface area is 177 Å². The Balaban J connectivity index is 1.46. The lowest BCUT2D eigenvalue weighted by Crippen LogP contribution is -2.23. The number of aryl methyl sites for hydroxylation is 2. The lowest BCUT2D eigenvalue weighted by molar-refractivity contribution is 0.0976. The smallest absolute Gasteiger partial charge is 0.181 e. The number of benzene rings is 1. The highest BCUT2D eigenvalue weighted by molar-refractivity contribution is 6.30. The summed E-state index contributed by atoms with van der Waals surface area (Å²) in [4.78, 5) is 20.1. The summed E-state index contributed by atoms with van der Waals surface area (Å²) in [6.07, 6.45) is 8.94. The van der Waals surface area contributed by atoms with Gasteiger partial charge in [0.15, 0.2) is 5.78 Å². The van der Waals surface area contributed by atoms with Crippen LogP contribution in [0.1, 0.15) is 60.8 Å². The van der Waals surface area contributed by atoms with Gasteiger partial charge in [-0.25, -0.2) is 4.98 Å². The number of imidazole rings is 1. The first kappa shape index (κ1) is 20.0. The van der Waals surface area contributed by atoms with E-state index in [-0.39, 0.29) is 5.78 Å². The van der Waals surface area contributed by atoms with Crippen molar-refractivity contribution in [2.75, 3.05) is 18.0 Å². The number of Topliss-reactive ketones (excluding diaryl/α,β-unsaturated/α-hetero) is 1. The Morgan fingerprint density at radius 1 is 1.03 bits per heavy atom. The average Bonchev–Trinajstić information content (AvgIpc) is 2.90. The zero-order chi connectivity index (χ0) is 20.2. The molecule has 1 saturated heterocycles. The topological polar surface area (TPSA) is 37.6 Å². The standard InChI is InChI=1S/C24H28ClN3O/c1-2-21-24(28-17-19(25)10-14-23(28)26-21)22(29)13-9-18-7-11-20(12-8-18)27-15-5-3-4-6-16-27/h7-8,10-12,14,17H,2-6,9,13,15-16H2,1H3. The number of halogens is 1. The molecule has 1 aliphatic heterocycles. The SMILES string of the molecule is CCc1nc2ccc(Cl)cn2c1C(=O)CCc1ccc(N2CCCCCC2)cc1. The molecule has 0 radical (unpaired) electrons. The number of nitrogens with zero attached hydrogens (tertiary/aromatic N) is 3. The van der Waals surface area contributed by atoms with Gasteiger partial charge in [-0.1, -0.05) is 43.5 Å². The first-order valence-corrected chi connectivity index (χ1v) is 11.1. The van der Waals surface area contributed by atoms with E-state index in [1.165, 1.54) is 36.9 Å². The van der Waals surface area contributed by atoms with Gasteiger partial charge in [-0.15, -0.1) is 0 Å². The van der Waals surface area contributed by atoms with Gasteiger partial charge in [-0.2, -0.15) is 0 Å². The fourth-order valence-electron chi connectivity index (χ4n) is 4.19. The van der Waals surface area contributed by atoms with Gasteiger partial charge in [0.2, 0.25) is 0 Å². The first-order valence-electron chi connectivity index (χ1n) is 10.7. The predicted molar refractivity (Wildman–Crippen MR) is 119 cm³/mol. The van der Waals surface area contributed by atoms with Gasteiger partial charge < -0.3 is 4.90 Å². The number of anilines is 1. The fraction of sp³-hybridized carbons (Fsp3) is 0.417. The van der Waals surface area contributed by atoms with Crippen LogP contribution in [0.4, 0.5) is 5.69 Å². The third-order valence-electron chi connectivity index (χ3n) is 5.80. The quantitative estimate of drug-likeness (QED) is 0.486. The maximum Gasteiger partial charge on any atom is 0.181 e. The average molecular weight is 410 g/mol. The molecule has 29 heavy (non-hydrogen) atoms. The molecule has 0 bridgehead atoms. The second kappa shape index (κ2) is 9.00. The zero-order valence-electron chi connectivity index (χ0n) is 17.0. The highest BCUT2D eigenvalue weighted by Crippen LogP contribution is 2.22. The van der Waals surface area contributed by atoms with Crippen molar-refractivity contribution < 1.29 is 4.79 Å². The maximum atomic E-state index is 13.0. The maximum absolute atomic E-state index is 13.0. The van der Waals surface area contributed by atoms with Crippen LogP contribution in [0, 0.1) is 0 Å². The van der Waals surface area contributed by atoms with Crippen molar-refractivity contribution in [2.24, 2.45) is 0 Å². The van der Waals surface area contributed by atoms with E-state index in [1.807, 2.05) is 23.5 Å². The molecular weight excluding hydrogens is 382 g/mol. The van der Waals surface area contributed by atoms with Gasteiger partial charge in [0, 0.05) is 31.4 Å². The van der Waals surface area contributed by atoms with Crippen LogP contribution in [-0.2, 0) is 12.8 Å². The van der Waals surface area contributed by atoms with Gasteiger partial charge in [0.25, 0.3) is 0 Å². The minimum atomic E-state index is 0.119. The largest absolute Gasteiger partial charge is 0.372 e. The molecule has 1 aliphatic rings. The molecule has 0 amide bonds. The van der Waals surface area contributed by atoms with Gasteiger partial charge >= 0.3 is 0 Å². The van der Waals surface area contributed by atoms with Crippen molar-refractivity contribution in [2.45, 2.75) is 51.9 Å². The van der Waals surface area contributed by atoms with Gasteiger partial charge in [0.05, 0.1) is 10.7 Å². The number of aromatic nitrogens is 2. The number of carbonyl (C=O) groups excluding carboxylic acids is 1. The normalized spacial score (nSPS) is 14.9. The van der Waals surface area contributed by atoms with Crippen molar-refractivity contribution in [3.63, 3.8) is 0 Å². The zero-order valence-corrected chi connectivity index (χ0v) is 17.8. The van der Waals surface area contributed by atoms with Gasteiger partial charge in [0.1, 0.15) is 11.3 Å². The van der Waals surface area contributed by atoms with Crippen molar-refractivity contribution in [1.82, 2.24) is 9.38 Å². The minimum absolute atomic E-state index is 0.119. The molecule has 3 aromatic rings. The molecule has 5 heteroatoms. The summed E-state index contributed by atoms with van der Waals surface area (Å²) < 4.78 is 1.84. The predicted octanol–water partition coefficient (Wildman–Crippen LogP) is 5.75. The molecular formula is C24H28ClN3O. The Hall–Kier alpha value is -2.33. The molecule has 4 rings (SSSR count). The number of carbonyl (C=O) groups is 1. The number of hydrogen-bond acceptors (Lipinski definition) is 3. The Bertz CT molecular complexity index is 985. The molecule has 1 aromatic carbocycles. The van der Waals surface area contributed by atoms with Crippen LogP contribution in [0.5, 0.6) is 0 Å². The monoisotopic (exact) mass is 409 g/mol. The molecule has 0 spiro atoms. The van der Waals surface area contributed by atoms with Gasteiger partial charge in [-0.05, 0) is 55.5 Å². The summed E-state index contributed by atoms with van der Waals surface area (Å²) in [6, 6.07) is 12.4. The van der Waals surface area contributed by atoms with E-state index in [4.69, 9.17) is 11.6 Å². The molecule has 4 nitrogen and oxygen atoms in total. The van der Waals surface area contributed by atoms with E-state index < -0.39 is 0 Å². The van der Waals surface area contributed by atoms with Crippen LogP contribution in [-0.4, -0.2) is 28.3 Å². The number of hydrogen-bond donors (Lipinski definition) is 0. The number of rotatable bonds is 6. The summed E-state index contributed by atoms with van der Waals surface area (Å²) in [6.45, 7) is 4.32. The Morgan fingerprint density at radius 3 is 2.45 bits per heavy atom. The molecule has 0 N–H and O–H groups in total. The van der Waals surface area contributed by atoms with Crippen LogP contribution >= 0.6 is 11.6 Å². The molecule has 0 aliphatic carbocycles. The van der Waals surface area contributed by atoms with E-state index in [2.05, 4.69) is 34.1 Å². The summed E-state index contributed by atoms with van der Waals surface area (Å²) in [5, 5.41) is 0.607. The van der Waals surface area contributed by atoms with E-state index in [1.54, 1.807) is 6.20 Å². The van der Waals surface area contributed by atoms with Crippen LogP contribution in [0.3, 0.4) is 0 Å². The number of ketones is 1. The summed E-state index contributed by atoms with van der Waals surface area (Å²) in [5.74, 6) is 0.119. The van der Waals surface area contributed by atoms with Crippen molar-refractivity contribution >= 4 is 28.7 Å². The molecule has 1 fully saturated rings. The lowest BCUT2D eigenvalue weighted by Gasteiger charge is -2.22. The van der Waals surface area contributed by atoms with E-state index in [9.17, 15) is 4.79 Å². The van der Waals surface area contributed by atoms with E-state index in [0.29, 0.717) is 17.1 Å². The third-order valence-corrected chi connectivity index (χ3v) is 6.03. The molecule has 0 saturated carbocycles. The minimum Gasteiger partial charge on any atom is -0.372 e. The summed E-state index contributed by atoms with van der Waals surface area (Å²) in [7, 11) is 0. The Kier molecular flexibility index (Phi) is 6.19. The van der Waals surface area contributed by atoms with Crippen LogP contribution < -0.4 is 4.90 Å².